The van der Waals surface area contributed by atoms with Gasteiger partial charge in [-0.1, -0.05) is 6.08 Å². The van der Waals surface area contributed by atoms with E-state index in [0.29, 0.717) is 63.9 Å². The molecule has 0 saturated carbocycles. The summed E-state index contributed by atoms with van der Waals surface area (Å²) in [7, 11) is 3.11. The van der Waals surface area contributed by atoms with Crippen LogP contribution in [-0.4, -0.2) is 102 Å². The van der Waals surface area contributed by atoms with E-state index >= 15 is 0 Å². The molecule has 11 nitrogen and oxygen atoms in total. The summed E-state index contributed by atoms with van der Waals surface area (Å²) in [5, 5.41) is 8.22. The summed E-state index contributed by atoms with van der Waals surface area (Å²) in [5.74, 6) is 2.31. The number of hydrazone groups is 1. The van der Waals surface area contributed by atoms with Crippen molar-refractivity contribution in [3.63, 3.8) is 0 Å². The van der Waals surface area contributed by atoms with Crippen LogP contribution in [0.4, 0.5) is 0 Å². The summed E-state index contributed by atoms with van der Waals surface area (Å²) in [6, 6.07) is 3.05. The molecular formula is C22H26N6O5. The van der Waals surface area contributed by atoms with E-state index in [1.54, 1.807) is 24.1 Å². The standard InChI is InChI=1S/C22H26N6O5/c1-25-20(29)16(18(23-25)6-7-27-8-12-32-13-9-27)4-3-5-17-19(24-26(2)21(17)30)22(31)28-10-14-33-15-11-28/h3-5,23H,8-15H2,1-2H3/b4-3+,17-5-. The molecule has 0 bridgehead atoms. The number of ether oxygens (including phenoxy) is 2. The number of nitrogens with one attached hydrogen (secondary N) is 1. The summed E-state index contributed by atoms with van der Waals surface area (Å²) < 4.78 is 12.0. The lowest BCUT2D eigenvalue weighted by molar-refractivity contribution is -0.128. The van der Waals surface area contributed by atoms with Crippen LogP contribution in [0.15, 0.2) is 27.6 Å². The van der Waals surface area contributed by atoms with Crippen molar-refractivity contribution >= 4 is 23.6 Å². The predicted molar refractivity (Wildman–Crippen MR) is 120 cm³/mol. The van der Waals surface area contributed by atoms with Gasteiger partial charge in [0, 0.05) is 46.3 Å². The maximum atomic E-state index is 12.9. The second-order valence-corrected chi connectivity index (χ2v) is 7.72. The van der Waals surface area contributed by atoms with E-state index in [1.165, 1.54) is 17.8 Å². The Balaban J connectivity index is 1.57. The smallest absolute Gasteiger partial charge is 0.276 e. The van der Waals surface area contributed by atoms with E-state index in [4.69, 9.17) is 9.47 Å². The Morgan fingerprint density at radius 3 is 2.42 bits per heavy atom. The summed E-state index contributed by atoms with van der Waals surface area (Å²) in [6.07, 6.45) is 4.66. The molecule has 3 aliphatic rings. The molecule has 0 aliphatic carbocycles. The second-order valence-electron chi connectivity index (χ2n) is 7.72. The van der Waals surface area contributed by atoms with Gasteiger partial charge in [0.25, 0.3) is 17.4 Å². The third kappa shape index (κ3) is 4.92. The Hall–Kier alpha value is -3.62. The number of hydrogen-bond donors (Lipinski definition) is 1. The van der Waals surface area contributed by atoms with Crippen molar-refractivity contribution in [2.45, 2.75) is 0 Å². The van der Waals surface area contributed by atoms with Crippen LogP contribution >= 0.6 is 0 Å². The lowest BCUT2D eigenvalue weighted by atomic mass is 10.1. The van der Waals surface area contributed by atoms with Crippen LogP contribution < -0.4 is 5.56 Å². The van der Waals surface area contributed by atoms with Crippen molar-refractivity contribution in [3.8, 4) is 12.0 Å². The Morgan fingerprint density at radius 2 is 1.73 bits per heavy atom. The number of likely N-dealkylation sites (N-methyl/N-ethyl adjacent to an activating group) is 1. The van der Waals surface area contributed by atoms with Gasteiger partial charge in [0.1, 0.15) is 5.69 Å². The van der Waals surface area contributed by atoms with Gasteiger partial charge in [-0.05, 0) is 18.1 Å². The molecule has 1 aromatic rings. The van der Waals surface area contributed by atoms with Gasteiger partial charge in [-0.3, -0.25) is 24.2 Å². The van der Waals surface area contributed by atoms with Crippen LogP contribution in [0.3, 0.4) is 0 Å². The zero-order valence-electron chi connectivity index (χ0n) is 18.7. The van der Waals surface area contributed by atoms with Crippen molar-refractivity contribution in [3.05, 3.63) is 39.3 Å². The number of morpholine rings is 2. The van der Waals surface area contributed by atoms with Crippen molar-refractivity contribution in [1.82, 2.24) is 24.6 Å². The molecule has 4 rings (SSSR count). The van der Waals surface area contributed by atoms with E-state index in [2.05, 4.69) is 22.2 Å². The fourth-order valence-electron chi connectivity index (χ4n) is 3.62. The number of nitrogens with zero attached hydrogens (tertiary/aromatic N) is 5. The van der Waals surface area contributed by atoms with Crippen molar-refractivity contribution < 1.29 is 19.1 Å². The number of aryl methyl sites for hydroxylation is 1. The molecule has 2 fully saturated rings. The average Bonchev–Trinajstić information content (AvgIpc) is 3.28. The first-order chi connectivity index (χ1) is 16.0. The number of amides is 2. The maximum Gasteiger partial charge on any atom is 0.276 e. The fourth-order valence-corrected chi connectivity index (χ4v) is 3.62. The number of aromatic amines is 1. The number of aromatic nitrogens is 2. The van der Waals surface area contributed by atoms with E-state index in [1.807, 2.05) is 4.90 Å². The lowest BCUT2D eigenvalue weighted by Gasteiger charge is -2.26. The molecule has 1 N–H and O–H groups in total. The van der Waals surface area contributed by atoms with Gasteiger partial charge >= 0.3 is 0 Å². The molecule has 11 heteroatoms. The normalized spacial score (nSPS) is 20.4. The summed E-state index contributed by atoms with van der Waals surface area (Å²) in [6.45, 7) is 4.45. The van der Waals surface area contributed by atoms with E-state index in [0.717, 1.165) is 5.01 Å². The topological polar surface area (TPSA) is 112 Å². The molecule has 1 aromatic heterocycles. The van der Waals surface area contributed by atoms with Gasteiger partial charge in [0.2, 0.25) is 0 Å². The van der Waals surface area contributed by atoms with Crippen LogP contribution in [0.25, 0.3) is 6.08 Å². The van der Waals surface area contributed by atoms with Gasteiger partial charge in [-0.2, -0.15) is 5.10 Å². The molecule has 0 spiro atoms. The summed E-state index contributed by atoms with van der Waals surface area (Å²) >= 11 is 0. The zero-order valence-corrected chi connectivity index (χ0v) is 18.7. The average molecular weight is 454 g/mol. The highest BCUT2D eigenvalue weighted by molar-refractivity contribution is 6.52. The number of rotatable bonds is 3. The summed E-state index contributed by atoms with van der Waals surface area (Å²) in [5.41, 5.74) is 0.856. The van der Waals surface area contributed by atoms with Crippen LogP contribution in [0.2, 0.25) is 0 Å². The minimum atomic E-state index is -0.384. The first-order valence-electron chi connectivity index (χ1n) is 10.7. The van der Waals surface area contributed by atoms with Gasteiger partial charge in [-0.25, -0.2) is 5.01 Å². The number of H-pyrrole nitrogens is 1. The molecule has 3 aliphatic heterocycles. The van der Waals surface area contributed by atoms with Crippen molar-refractivity contribution in [2.24, 2.45) is 12.1 Å². The van der Waals surface area contributed by atoms with Crippen LogP contribution in [0.1, 0.15) is 11.3 Å². The second kappa shape index (κ2) is 9.89. The van der Waals surface area contributed by atoms with E-state index < -0.39 is 0 Å². The Kier molecular flexibility index (Phi) is 6.76. The summed E-state index contributed by atoms with van der Waals surface area (Å²) in [4.78, 5) is 41.6. The molecule has 0 aromatic carbocycles. The fraction of sp³-hybridized carbons (Fsp3) is 0.455. The first-order valence-corrected chi connectivity index (χ1v) is 10.7. The van der Waals surface area contributed by atoms with E-state index in [9.17, 15) is 14.4 Å². The number of carbonyl (C=O) groups is 2. The Morgan fingerprint density at radius 1 is 1.06 bits per heavy atom. The molecule has 33 heavy (non-hydrogen) atoms. The Bertz CT molecular complexity index is 1140. The minimum absolute atomic E-state index is 0.0864. The molecule has 174 valence electrons. The van der Waals surface area contributed by atoms with Gasteiger partial charge in [-0.15, -0.1) is 0 Å². The predicted octanol–water partition coefficient (Wildman–Crippen LogP) is -1.02. The highest BCUT2D eigenvalue weighted by atomic mass is 16.5. The third-order valence-corrected chi connectivity index (χ3v) is 5.49. The lowest BCUT2D eigenvalue weighted by Crippen LogP contribution is -2.44. The van der Waals surface area contributed by atoms with Gasteiger partial charge in [0.05, 0.1) is 37.6 Å². The van der Waals surface area contributed by atoms with Crippen molar-refractivity contribution in [2.75, 3.05) is 59.7 Å². The first kappa shape index (κ1) is 22.6. The van der Waals surface area contributed by atoms with Gasteiger partial charge in [0.15, 0.2) is 5.71 Å². The maximum absolute atomic E-state index is 12.9. The molecule has 4 heterocycles. The Labute approximate surface area is 190 Å². The highest BCUT2D eigenvalue weighted by Gasteiger charge is 2.34. The van der Waals surface area contributed by atoms with E-state index in [-0.39, 0.29) is 28.7 Å². The number of hydrogen-bond acceptors (Lipinski definition) is 7. The van der Waals surface area contributed by atoms with Crippen LogP contribution in [0, 0.1) is 12.0 Å². The number of allylic oxidation sites excluding steroid dienone is 2. The largest absolute Gasteiger partial charge is 0.378 e. The highest BCUT2D eigenvalue weighted by Crippen LogP contribution is 2.17. The third-order valence-electron chi connectivity index (χ3n) is 5.49. The SMILES string of the molecule is CN1N=C(C(=O)N2CCOCC2)/C(=C/C=C/c2c(C#CN3CCOCC3)[nH]n(C)c2=O)C1=O. The van der Waals surface area contributed by atoms with Crippen LogP contribution in [0.5, 0.6) is 0 Å². The minimum Gasteiger partial charge on any atom is -0.378 e. The molecule has 0 radical (unpaired) electrons. The monoisotopic (exact) mass is 454 g/mol. The molecule has 2 amide bonds. The molecular weight excluding hydrogens is 428 g/mol. The molecule has 0 atom stereocenters. The van der Waals surface area contributed by atoms with Gasteiger partial charge < -0.3 is 19.3 Å². The van der Waals surface area contributed by atoms with Crippen molar-refractivity contribution in [1.29, 1.82) is 0 Å². The molecule has 2 saturated heterocycles. The zero-order chi connectivity index (χ0) is 23.4. The quantitative estimate of drug-likeness (QED) is 0.462. The number of carbonyl (C=O) groups excluding carboxylic acids is 2. The molecule has 0 unspecified atom stereocenters. The van der Waals surface area contributed by atoms with Crippen LogP contribution in [-0.2, 0) is 26.1 Å².